The normalized spacial score (nSPS) is 14.2. The molecular weight excluding hydrogens is 212 g/mol. The number of benzene rings is 1. The van der Waals surface area contributed by atoms with Crippen molar-refractivity contribution in [2.24, 2.45) is 0 Å². The van der Waals surface area contributed by atoms with Crippen LogP contribution in [0.15, 0.2) is 48.9 Å². The minimum absolute atomic E-state index is 0.0629. The fourth-order valence-corrected chi connectivity index (χ4v) is 2.01. The predicted molar refractivity (Wildman–Crippen MR) is 66.5 cm³/mol. The first-order chi connectivity index (χ1) is 8.33. The monoisotopic (exact) mass is 228 g/mol. The lowest BCUT2D eigenvalue weighted by molar-refractivity contribution is 0.137. The summed E-state index contributed by atoms with van der Waals surface area (Å²) >= 11 is 0. The van der Waals surface area contributed by atoms with Crippen LogP contribution in [0.5, 0.6) is 0 Å². The first-order valence-electron chi connectivity index (χ1n) is 5.82. The molecule has 1 N–H and O–H groups in total. The van der Waals surface area contributed by atoms with Gasteiger partial charge in [0.15, 0.2) is 0 Å². The Morgan fingerprint density at radius 1 is 1.18 bits per heavy atom. The Hall–Kier alpha value is -1.74. The maximum absolute atomic E-state index is 10.3. The second kappa shape index (κ2) is 5.55. The van der Waals surface area contributed by atoms with Crippen molar-refractivity contribution in [2.45, 2.75) is 25.4 Å². The van der Waals surface area contributed by atoms with Crippen LogP contribution in [0.4, 0.5) is 0 Å². The summed E-state index contributed by atoms with van der Waals surface area (Å²) in [5.41, 5.74) is 1.76. The molecule has 0 saturated carbocycles. The van der Waals surface area contributed by atoms with E-state index in [2.05, 4.69) is 16.9 Å². The van der Waals surface area contributed by atoms with Gasteiger partial charge < -0.3 is 5.11 Å². The van der Waals surface area contributed by atoms with Crippen molar-refractivity contribution in [3.8, 4) is 0 Å². The van der Waals surface area contributed by atoms with Gasteiger partial charge in [-0.25, -0.2) is 0 Å². The molecule has 0 aliphatic rings. The van der Waals surface area contributed by atoms with Crippen molar-refractivity contribution in [2.75, 3.05) is 0 Å². The molecule has 0 radical (unpaired) electrons. The van der Waals surface area contributed by atoms with Gasteiger partial charge in [-0.05, 0) is 12.0 Å². The van der Waals surface area contributed by atoms with Crippen molar-refractivity contribution >= 4 is 0 Å². The SMILES string of the molecule is CCC(c1ccccc1)C(O)c1cnccn1. The second-order valence-corrected chi connectivity index (χ2v) is 4.00. The van der Waals surface area contributed by atoms with E-state index in [9.17, 15) is 5.11 Å². The molecule has 0 fully saturated rings. The van der Waals surface area contributed by atoms with Gasteiger partial charge in [0, 0.05) is 18.3 Å². The molecule has 2 atom stereocenters. The molecule has 1 aromatic heterocycles. The zero-order valence-corrected chi connectivity index (χ0v) is 9.82. The van der Waals surface area contributed by atoms with Crippen molar-refractivity contribution in [3.63, 3.8) is 0 Å². The molecule has 2 rings (SSSR count). The summed E-state index contributed by atoms with van der Waals surface area (Å²) in [6.45, 7) is 2.07. The molecule has 0 saturated heterocycles. The molecular formula is C14H16N2O. The van der Waals surface area contributed by atoms with Crippen LogP contribution in [0.2, 0.25) is 0 Å². The maximum atomic E-state index is 10.3. The zero-order chi connectivity index (χ0) is 12.1. The molecule has 3 nitrogen and oxygen atoms in total. The third-order valence-electron chi connectivity index (χ3n) is 2.93. The van der Waals surface area contributed by atoms with Crippen LogP contribution >= 0.6 is 0 Å². The lowest BCUT2D eigenvalue weighted by Crippen LogP contribution is -2.11. The Balaban J connectivity index is 2.25. The van der Waals surface area contributed by atoms with E-state index in [-0.39, 0.29) is 5.92 Å². The van der Waals surface area contributed by atoms with Gasteiger partial charge in [-0.3, -0.25) is 9.97 Å². The minimum Gasteiger partial charge on any atom is -0.386 e. The Kier molecular flexibility index (Phi) is 3.83. The van der Waals surface area contributed by atoms with E-state index >= 15 is 0 Å². The van der Waals surface area contributed by atoms with E-state index in [1.54, 1.807) is 18.6 Å². The molecule has 2 unspecified atom stereocenters. The summed E-state index contributed by atoms with van der Waals surface area (Å²) in [5.74, 6) is 0.0629. The van der Waals surface area contributed by atoms with Crippen molar-refractivity contribution in [3.05, 3.63) is 60.2 Å². The Labute approximate surface area is 101 Å². The van der Waals surface area contributed by atoms with Crippen molar-refractivity contribution in [1.29, 1.82) is 0 Å². The van der Waals surface area contributed by atoms with Gasteiger partial charge in [0.1, 0.15) is 6.10 Å². The van der Waals surface area contributed by atoms with Crippen LogP contribution in [0.25, 0.3) is 0 Å². The van der Waals surface area contributed by atoms with E-state index < -0.39 is 6.10 Å². The molecule has 2 aromatic rings. The fraction of sp³-hybridized carbons (Fsp3) is 0.286. The summed E-state index contributed by atoms with van der Waals surface area (Å²) in [5, 5.41) is 10.3. The minimum atomic E-state index is -0.601. The molecule has 0 aliphatic heterocycles. The number of hydrogen-bond donors (Lipinski definition) is 1. The molecule has 0 amide bonds. The molecule has 0 bridgehead atoms. The number of nitrogens with zero attached hydrogens (tertiary/aromatic N) is 2. The summed E-state index contributed by atoms with van der Waals surface area (Å²) in [7, 11) is 0. The highest BCUT2D eigenvalue weighted by Crippen LogP contribution is 2.31. The van der Waals surface area contributed by atoms with Crippen molar-refractivity contribution < 1.29 is 5.11 Å². The highest BCUT2D eigenvalue weighted by molar-refractivity contribution is 5.22. The third-order valence-corrected chi connectivity index (χ3v) is 2.93. The Morgan fingerprint density at radius 3 is 2.53 bits per heavy atom. The Bertz CT molecular complexity index is 444. The molecule has 0 aliphatic carbocycles. The zero-order valence-electron chi connectivity index (χ0n) is 9.82. The van der Waals surface area contributed by atoms with E-state index in [0.717, 1.165) is 12.0 Å². The van der Waals surface area contributed by atoms with E-state index in [1.165, 1.54) is 0 Å². The first-order valence-corrected chi connectivity index (χ1v) is 5.82. The fourth-order valence-electron chi connectivity index (χ4n) is 2.01. The molecule has 1 aromatic carbocycles. The van der Waals surface area contributed by atoms with E-state index in [1.807, 2.05) is 30.3 Å². The largest absolute Gasteiger partial charge is 0.386 e. The molecule has 88 valence electrons. The predicted octanol–water partition coefficient (Wildman–Crippen LogP) is 2.70. The van der Waals surface area contributed by atoms with Crippen LogP contribution in [-0.2, 0) is 0 Å². The van der Waals surface area contributed by atoms with E-state index in [4.69, 9.17) is 0 Å². The van der Waals surface area contributed by atoms with E-state index in [0.29, 0.717) is 5.69 Å². The number of hydrogen-bond acceptors (Lipinski definition) is 3. The Morgan fingerprint density at radius 2 is 1.94 bits per heavy atom. The van der Waals surface area contributed by atoms with Crippen LogP contribution in [-0.4, -0.2) is 15.1 Å². The van der Waals surface area contributed by atoms with Crippen LogP contribution in [0, 0.1) is 0 Å². The number of aliphatic hydroxyl groups is 1. The average Bonchev–Trinajstić information content (AvgIpc) is 2.42. The molecule has 17 heavy (non-hydrogen) atoms. The van der Waals surface area contributed by atoms with Gasteiger partial charge >= 0.3 is 0 Å². The molecule has 3 heteroatoms. The average molecular weight is 228 g/mol. The topological polar surface area (TPSA) is 46.0 Å². The standard InChI is InChI=1S/C14H16N2O/c1-2-12(11-6-4-3-5-7-11)14(17)13-10-15-8-9-16-13/h3-10,12,14,17H,2H2,1H3. The van der Waals surface area contributed by atoms with Crippen LogP contribution < -0.4 is 0 Å². The van der Waals surface area contributed by atoms with Gasteiger partial charge in [0.2, 0.25) is 0 Å². The second-order valence-electron chi connectivity index (χ2n) is 4.00. The van der Waals surface area contributed by atoms with Crippen LogP contribution in [0.3, 0.4) is 0 Å². The maximum Gasteiger partial charge on any atom is 0.104 e. The third kappa shape index (κ3) is 2.68. The van der Waals surface area contributed by atoms with Crippen molar-refractivity contribution in [1.82, 2.24) is 9.97 Å². The summed E-state index contributed by atoms with van der Waals surface area (Å²) in [4.78, 5) is 8.15. The lowest BCUT2D eigenvalue weighted by atomic mass is 9.89. The molecule has 1 heterocycles. The van der Waals surface area contributed by atoms with Crippen LogP contribution in [0.1, 0.15) is 36.6 Å². The number of rotatable bonds is 4. The van der Waals surface area contributed by atoms with Gasteiger partial charge in [0.05, 0.1) is 11.9 Å². The molecule has 0 spiro atoms. The number of aromatic nitrogens is 2. The van der Waals surface area contributed by atoms with Gasteiger partial charge in [-0.15, -0.1) is 0 Å². The van der Waals surface area contributed by atoms with Gasteiger partial charge in [-0.2, -0.15) is 0 Å². The number of aliphatic hydroxyl groups excluding tert-OH is 1. The first kappa shape index (κ1) is 11.7. The van der Waals surface area contributed by atoms with Gasteiger partial charge in [0.25, 0.3) is 0 Å². The lowest BCUT2D eigenvalue weighted by Gasteiger charge is -2.21. The quantitative estimate of drug-likeness (QED) is 0.875. The van der Waals surface area contributed by atoms with Gasteiger partial charge in [-0.1, -0.05) is 37.3 Å². The summed E-state index contributed by atoms with van der Waals surface area (Å²) in [6, 6.07) is 10.0. The summed E-state index contributed by atoms with van der Waals surface area (Å²) < 4.78 is 0. The smallest absolute Gasteiger partial charge is 0.104 e. The highest BCUT2D eigenvalue weighted by Gasteiger charge is 2.21. The highest BCUT2D eigenvalue weighted by atomic mass is 16.3. The summed E-state index contributed by atoms with van der Waals surface area (Å²) in [6.07, 6.45) is 5.10.